The average Bonchev–Trinajstić information content (AvgIpc) is 2.41. The van der Waals surface area contributed by atoms with Crippen LogP contribution in [0, 0.1) is 0 Å². The Kier molecular flexibility index (Phi) is 6.58. The van der Waals surface area contributed by atoms with E-state index in [0.717, 1.165) is 5.56 Å². The van der Waals surface area contributed by atoms with Crippen LogP contribution >= 0.6 is 0 Å². The van der Waals surface area contributed by atoms with Gasteiger partial charge < -0.3 is 14.5 Å². The molecule has 24 heavy (non-hydrogen) atoms. The second-order valence-electron chi connectivity index (χ2n) is 8.54. The molecule has 1 aromatic heterocycles. The molecule has 1 atom stereocenters. The zero-order valence-corrected chi connectivity index (χ0v) is 17.3. The Balaban J connectivity index is 2.86. The van der Waals surface area contributed by atoms with Crippen LogP contribution in [0.4, 0.5) is 4.79 Å². The van der Waals surface area contributed by atoms with Crippen molar-refractivity contribution < 1.29 is 14.0 Å². The molecule has 1 rings (SSSR count). The molecule has 1 N–H and O–H groups in total. The van der Waals surface area contributed by atoms with Gasteiger partial charge in [0.05, 0.1) is 12.6 Å². The lowest BCUT2D eigenvalue weighted by Gasteiger charge is -2.39. The summed E-state index contributed by atoms with van der Waals surface area (Å²) in [5, 5.41) is 2.90. The van der Waals surface area contributed by atoms with Gasteiger partial charge in [0.15, 0.2) is 8.32 Å². The summed E-state index contributed by atoms with van der Waals surface area (Å²) in [7, 11) is -1.99. The molecule has 0 saturated heterocycles. The van der Waals surface area contributed by atoms with Crippen molar-refractivity contribution in [1.29, 1.82) is 0 Å². The van der Waals surface area contributed by atoms with Gasteiger partial charge in [0, 0.05) is 12.4 Å². The Morgan fingerprint density at radius 1 is 1.25 bits per heavy atom. The third-order valence-electron chi connectivity index (χ3n) is 4.13. The fraction of sp³-hybridized carbons (Fsp3) is 0.667. The summed E-state index contributed by atoms with van der Waals surface area (Å²) in [5.41, 5.74) is 0.437. The molecule has 0 bridgehead atoms. The van der Waals surface area contributed by atoms with Crippen LogP contribution in [0.3, 0.4) is 0 Å². The first-order chi connectivity index (χ1) is 10.8. The van der Waals surface area contributed by atoms with Gasteiger partial charge in [-0.2, -0.15) is 0 Å². The quantitative estimate of drug-likeness (QED) is 0.782. The fourth-order valence-corrected chi connectivity index (χ4v) is 3.10. The van der Waals surface area contributed by atoms with Gasteiger partial charge in [-0.15, -0.1) is 0 Å². The predicted molar refractivity (Wildman–Crippen MR) is 99.5 cm³/mol. The maximum atomic E-state index is 12.0. The molecule has 1 heterocycles. The van der Waals surface area contributed by atoms with Gasteiger partial charge in [0.25, 0.3) is 0 Å². The van der Waals surface area contributed by atoms with E-state index in [-0.39, 0.29) is 11.1 Å². The molecule has 0 saturated carbocycles. The van der Waals surface area contributed by atoms with Crippen LogP contribution < -0.4 is 5.32 Å². The molecule has 0 aliphatic rings. The van der Waals surface area contributed by atoms with Crippen LogP contribution in [0.5, 0.6) is 0 Å². The molecule has 0 fully saturated rings. The lowest BCUT2D eigenvalue weighted by atomic mass is 10.1. The van der Waals surface area contributed by atoms with Crippen LogP contribution in [0.2, 0.25) is 18.1 Å². The first kappa shape index (κ1) is 20.6. The molecule has 6 heteroatoms. The second kappa shape index (κ2) is 7.65. The molecule has 0 unspecified atom stereocenters. The SMILES string of the molecule is CC(C)(C)OC(=O)NC[C@H](O[Si](C)(C)C(C)(C)C)c1cccnc1. The van der Waals surface area contributed by atoms with Crippen LogP contribution in [-0.2, 0) is 9.16 Å². The summed E-state index contributed by atoms with van der Waals surface area (Å²) in [6.07, 6.45) is 2.84. The number of carbonyl (C=O) groups excluding carboxylic acids is 1. The first-order valence-corrected chi connectivity index (χ1v) is 11.3. The summed E-state index contributed by atoms with van der Waals surface area (Å²) < 4.78 is 11.8. The van der Waals surface area contributed by atoms with Gasteiger partial charge in [-0.1, -0.05) is 26.8 Å². The van der Waals surface area contributed by atoms with Crippen molar-refractivity contribution in [2.45, 2.75) is 71.4 Å². The average molecular weight is 353 g/mol. The molecule has 5 nitrogen and oxygen atoms in total. The first-order valence-electron chi connectivity index (χ1n) is 8.36. The van der Waals surface area contributed by atoms with E-state index in [9.17, 15) is 4.79 Å². The van der Waals surface area contributed by atoms with E-state index in [2.05, 4.69) is 44.2 Å². The minimum atomic E-state index is -1.99. The topological polar surface area (TPSA) is 60.5 Å². The third-order valence-corrected chi connectivity index (χ3v) is 8.62. The number of aromatic nitrogens is 1. The molecular weight excluding hydrogens is 320 g/mol. The van der Waals surface area contributed by atoms with Gasteiger partial charge in [-0.25, -0.2) is 4.79 Å². The highest BCUT2D eigenvalue weighted by Crippen LogP contribution is 2.39. The van der Waals surface area contributed by atoms with Crippen molar-refractivity contribution in [2.24, 2.45) is 0 Å². The Morgan fingerprint density at radius 3 is 2.33 bits per heavy atom. The van der Waals surface area contributed by atoms with Crippen molar-refractivity contribution in [2.75, 3.05) is 6.54 Å². The molecule has 0 aliphatic heterocycles. The van der Waals surface area contributed by atoms with Gasteiger partial charge in [0.1, 0.15) is 5.60 Å². The fourth-order valence-electron chi connectivity index (χ4n) is 1.82. The van der Waals surface area contributed by atoms with Crippen molar-refractivity contribution >= 4 is 14.4 Å². The van der Waals surface area contributed by atoms with Crippen LogP contribution in [0.1, 0.15) is 53.2 Å². The largest absolute Gasteiger partial charge is 0.444 e. The van der Waals surface area contributed by atoms with E-state index in [4.69, 9.17) is 9.16 Å². The number of hydrogen-bond donors (Lipinski definition) is 1. The van der Waals surface area contributed by atoms with E-state index in [1.165, 1.54) is 0 Å². The number of carbonyl (C=O) groups is 1. The van der Waals surface area contributed by atoms with Gasteiger partial charge in [-0.3, -0.25) is 4.98 Å². The van der Waals surface area contributed by atoms with E-state index in [0.29, 0.717) is 6.54 Å². The van der Waals surface area contributed by atoms with E-state index in [1.54, 1.807) is 12.4 Å². The Labute approximate surface area is 147 Å². The lowest BCUT2D eigenvalue weighted by molar-refractivity contribution is 0.0496. The summed E-state index contributed by atoms with van der Waals surface area (Å²) in [5.74, 6) is 0. The summed E-state index contributed by atoms with van der Waals surface area (Å²) >= 11 is 0. The van der Waals surface area contributed by atoms with Crippen LogP contribution in [0.15, 0.2) is 24.5 Å². The number of ether oxygens (including phenoxy) is 1. The van der Waals surface area contributed by atoms with Crippen molar-refractivity contribution in [3.05, 3.63) is 30.1 Å². The number of rotatable bonds is 5. The molecule has 136 valence electrons. The molecule has 0 aliphatic carbocycles. The second-order valence-corrected chi connectivity index (χ2v) is 13.3. The summed E-state index contributed by atoms with van der Waals surface area (Å²) in [4.78, 5) is 16.1. The number of hydrogen-bond acceptors (Lipinski definition) is 4. The monoisotopic (exact) mass is 352 g/mol. The molecule has 0 spiro atoms. The summed E-state index contributed by atoms with van der Waals surface area (Å²) in [6, 6.07) is 3.85. The molecule has 1 amide bonds. The third kappa shape index (κ3) is 6.61. The Hall–Kier alpha value is -1.40. The smallest absolute Gasteiger partial charge is 0.407 e. The lowest BCUT2D eigenvalue weighted by Crippen LogP contribution is -2.44. The predicted octanol–water partition coefficient (Wildman–Crippen LogP) is 4.67. The highest BCUT2D eigenvalue weighted by molar-refractivity contribution is 6.74. The van der Waals surface area contributed by atoms with Gasteiger partial charge in [-0.05, 0) is 50.5 Å². The van der Waals surface area contributed by atoms with E-state index < -0.39 is 20.0 Å². The number of pyridine rings is 1. The van der Waals surface area contributed by atoms with Crippen molar-refractivity contribution in [3.8, 4) is 0 Å². The maximum Gasteiger partial charge on any atom is 0.407 e. The molecule has 0 aromatic carbocycles. The standard InChI is InChI=1S/C18H32N2O3Si/c1-17(2,3)22-16(21)20-13-15(14-10-9-11-19-12-14)23-24(7,8)18(4,5)6/h9-12,15H,13H2,1-8H3,(H,20,21)/t15-/m0/s1. The number of nitrogens with one attached hydrogen (secondary N) is 1. The molecule has 0 radical (unpaired) electrons. The zero-order valence-electron chi connectivity index (χ0n) is 16.3. The van der Waals surface area contributed by atoms with Crippen molar-refractivity contribution in [3.63, 3.8) is 0 Å². The van der Waals surface area contributed by atoms with Crippen LogP contribution in [0.25, 0.3) is 0 Å². The van der Waals surface area contributed by atoms with Crippen molar-refractivity contribution in [1.82, 2.24) is 10.3 Å². The van der Waals surface area contributed by atoms with E-state index in [1.807, 2.05) is 32.9 Å². The van der Waals surface area contributed by atoms with Gasteiger partial charge >= 0.3 is 6.09 Å². The normalized spacial score (nSPS) is 14.2. The summed E-state index contributed by atoms with van der Waals surface area (Å²) in [6.45, 7) is 16.9. The minimum absolute atomic E-state index is 0.0827. The van der Waals surface area contributed by atoms with E-state index >= 15 is 0 Å². The Bertz CT molecular complexity index is 533. The number of alkyl carbamates (subject to hydrolysis) is 1. The zero-order chi connectivity index (χ0) is 18.6. The maximum absolute atomic E-state index is 12.0. The number of nitrogens with zero attached hydrogens (tertiary/aromatic N) is 1. The Morgan fingerprint density at radius 2 is 1.88 bits per heavy atom. The minimum Gasteiger partial charge on any atom is -0.444 e. The van der Waals surface area contributed by atoms with Gasteiger partial charge in [0.2, 0.25) is 0 Å². The highest BCUT2D eigenvalue weighted by Gasteiger charge is 2.39. The number of amides is 1. The highest BCUT2D eigenvalue weighted by atomic mass is 28.4. The molecule has 1 aromatic rings. The van der Waals surface area contributed by atoms with Crippen LogP contribution in [-0.4, -0.2) is 31.5 Å². The molecular formula is C18H32N2O3Si.